The Morgan fingerprint density at radius 3 is 3.00 bits per heavy atom. The van der Waals surface area contributed by atoms with Crippen molar-refractivity contribution in [2.45, 2.75) is 38.1 Å². The number of benzene rings is 1. The molecule has 122 valence electrons. The molecule has 0 saturated heterocycles. The maximum absolute atomic E-state index is 5.95. The van der Waals surface area contributed by atoms with E-state index < -0.39 is 0 Å². The van der Waals surface area contributed by atoms with Crippen LogP contribution in [-0.2, 0) is 11.2 Å². The van der Waals surface area contributed by atoms with Gasteiger partial charge in [-0.25, -0.2) is 0 Å². The zero-order valence-electron chi connectivity index (χ0n) is 13.8. The zero-order chi connectivity index (χ0) is 15.9. The van der Waals surface area contributed by atoms with Gasteiger partial charge in [0.2, 0.25) is 0 Å². The van der Waals surface area contributed by atoms with Crippen LogP contribution < -0.4 is 15.8 Å². The second-order valence-corrected chi connectivity index (χ2v) is 5.88. The van der Waals surface area contributed by atoms with Crippen LogP contribution in [0.5, 0.6) is 5.75 Å². The van der Waals surface area contributed by atoms with E-state index in [-0.39, 0.29) is 6.04 Å². The number of guanidine groups is 1. The number of aryl methyl sites for hydroxylation is 1. The first-order valence-corrected chi connectivity index (χ1v) is 7.86. The summed E-state index contributed by atoms with van der Waals surface area (Å²) in [6.45, 7) is 3.36. The van der Waals surface area contributed by atoms with Crippen LogP contribution in [0, 0.1) is 0 Å². The largest absolute Gasteiger partial charge is 0.497 e. The first kappa shape index (κ1) is 16.6. The third-order valence-corrected chi connectivity index (χ3v) is 4.08. The molecular formula is C17H27N3O2. The van der Waals surface area contributed by atoms with Crippen molar-refractivity contribution >= 4 is 5.96 Å². The highest BCUT2D eigenvalue weighted by Gasteiger charge is 2.20. The summed E-state index contributed by atoms with van der Waals surface area (Å²) in [5, 5.41) is 3.15. The lowest BCUT2D eigenvalue weighted by Crippen LogP contribution is -2.41. The SMILES string of the molecule is COCC(C)NC(N)=NCC1CCCc2cc(OC)ccc21. The van der Waals surface area contributed by atoms with E-state index in [4.69, 9.17) is 15.2 Å². The molecule has 1 aliphatic carbocycles. The average molecular weight is 305 g/mol. The molecule has 1 aromatic carbocycles. The molecule has 1 aromatic rings. The Bertz CT molecular complexity index is 517. The number of nitrogens with zero attached hydrogens (tertiary/aromatic N) is 1. The number of fused-ring (bicyclic) bond motifs is 1. The second-order valence-electron chi connectivity index (χ2n) is 5.88. The summed E-state index contributed by atoms with van der Waals surface area (Å²) in [5.41, 5.74) is 8.71. The van der Waals surface area contributed by atoms with Crippen LogP contribution in [0.2, 0.25) is 0 Å². The highest BCUT2D eigenvalue weighted by molar-refractivity contribution is 5.78. The van der Waals surface area contributed by atoms with Crippen LogP contribution >= 0.6 is 0 Å². The Balaban J connectivity index is 2.00. The fraction of sp³-hybridized carbons (Fsp3) is 0.588. The Morgan fingerprint density at radius 1 is 1.45 bits per heavy atom. The fourth-order valence-electron chi connectivity index (χ4n) is 3.01. The Labute approximate surface area is 132 Å². The molecule has 2 atom stereocenters. The number of ether oxygens (including phenoxy) is 2. The minimum absolute atomic E-state index is 0.164. The zero-order valence-corrected chi connectivity index (χ0v) is 13.8. The summed E-state index contributed by atoms with van der Waals surface area (Å²) in [6.07, 6.45) is 3.46. The van der Waals surface area contributed by atoms with Crippen molar-refractivity contribution in [2.24, 2.45) is 10.7 Å². The molecule has 0 radical (unpaired) electrons. The maximum Gasteiger partial charge on any atom is 0.188 e. The predicted octanol–water partition coefficient (Wildman–Crippen LogP) is 2.05. The van der Waals surface area contributed by atoms with Crippen molar-refractivity contribution in [3.63, 3.8) is 0 Å². The molecule has 5 nitrogen and oxygen atoms in total. The topological polar surface area (TPSA) is 68.9 Å². The third kappa shape index (κ3) is 4.37. The minimum atomic E-state index is 0.164. The lowest BCUT2D eigenvalue weighted by Gasteiger charge is -2.25. The van der Waals surface area contributed by atoms with Gasteiger partial charge in [-0.2, -0.15) is 0 Å². The molecule has 0 saturated carbocycles. The van der Waals surface area contributed by atoms with Gasteiger partial charge < -0.3 is 20.5 Å². The summed E-state index contributed by atoms with van der Waals surface area (Å²) in [7, 11) is 3.39. The molecule has 1 aliphatic rings. The summed E-state index contributed by atoms with van der Waals surface area (Å²) in [6, 6.07) is 6.51. The molecular weight excluding hydrogens is 278 g/mol. The molecule has 2 rings (SSSR count). The van der Waals surface area contributed by atoms with Gasteiger partial charge in [-0.1, -0.05) is 6.07 Å². The molecule has 0 fully saturated rings. The molecule has 22 heavy (non-hydrogen) atoms. The van der Waals surface area contributed by atoms with Crippen LogP contribution in [0.15, 0.2) is 23.2 Å². The quantitative estimate of drug-likeness (QED) is 0.623. The van der Waals surface area contributed by atoms with Gasteiger partial charge in [0, 0.05) is 25.6 Å². The van der Waals surface area contributed by atoms with Gasteiger partial charge >= 0.3 is 0 Å². The molecule has 0 heterocycles. The molecule has 2 unspecified atom stereocenters. The highest BCUT2D eigenvalue weighted by Crippen LogP contribution is 2.33. The van der Waals surface area contributed by atoms with E-state index in [9.17, 15) is 0 Å². The molecule has 0 amide bonds. The molecule has 0 aliphatic heterocycles. The van der Waals surface area contributed by atoms with Crippen LogP contribution in [-0.4, -0.2) is 39.4 Å². The van der Waals surface area contributed by atoms with Gasteiger partial charge in [0.05, 0.1) is 13.7 Å². The number of aliphatic imine (C=N–C) groups is 1. The number of rotatable bonds is 6. The number of methoxy groups -OCH3 is 2. The number of hydrogen-bond acceptors (Lipinski definition) is 3. The first-order chi connectivity index (χ1) is 10.6. The van der Waals surface area contributed by atoms with Crippen molar-refractivity contribution in [2.75, 3.05) is 27.4 Å². The Hall–Kier alpha value is -1.75. The standard InChI is InChI=1S/C17H27N3O2/c1-12(11-21-2)20-17(18)19-10-14-6-4-5-13-9-15(22-3)7-8-16(13)14/h7-9,12,14H,4-6,10-11H2,1-3H3,(H3,18,19,20). The molecule has 0 spiro atoms. The van der Waals surface area contributed by atoms with E-state index in [1.54, 1.807) is 14.2 Å². The van der Waals surface area contributed by atoms with Gasteiger partial charge in [-0.15, -0.1) is 0 Å². The van der Waals surface area contributed by atoms with E-state index in [1.807, 2.05) is 13.0 Å². The number of hydrogen-bond donors (Lipinski definition) is 2. The highest BCUT2D eigenvalue weighted by atomic mass is 16.5. The van der Waals surface area contributed by atoms with Gasteiger partial charge in [0.25, 0.3) is 0 Å². The normalized spacial score (nSPS) is 19.4. The van der Waals surface area contributed by atoms with Crippen molar-refractivity contribution in [3.8, 4) is 5.75 Å². The van der Waals surface area contributed by atoms with Crippen molar-refractivity contribution in [1.29, 1.82) is 0 Å². The monoisotopic (exact) mass is 305 g/mol. The van der Waals surface area contributed by atoms with Crippen LogP contribution in [0.1, 0.15) is 36.8 Å². The van der Waals surface area contributed by atoms with Gasteiger partial charge in [0.15, 0.2) is 5.96 Å². The van der Waals surface area contributed by atoms with Crippen LogP contribution in [0.25, 0.3) is 0 Å². The molecule has 5 heteroatoms. The van der Waals surface area contributed by atoms with E-state index in [0.29, 0.717) is 18.5 Å². The van der Waals surface area contributed by atoms with Gasteiger partial charge in [-0.3, -0.25) is 4.99 Å². The minimum Gasteiger partial charge on any atom is -0.497 e. The number of nitrogens with two attached hydrogens (primary N) is 1. The number of nitrogens with one attached hydrogen (secondary N) is 1. The van der Waals surface area contributed by atoms with E-state index in [2.05, 4.69) is 22.4 Å². The molecule has 3 N–H and O–H groups in total. The Kier molecular flexibility index (Phi) is 6.07. The second kappa shape index (κ2) is 8.03. The lowest BCUT2D eigenvalue weighted by atomic mass is 9.83. The van der Waals surface area contributed by atoms with E-state index >= 15 is 0 Å². The van der Waals surface area contributed by atoms with E-state index in [1.165, 1.54) is 17.5 Å². The van der Waals surface area contributed by atoms with E-state index in [0.717, 1.165) is 25.1 Å². The Morgan fingerprint density at radius 2 is 2.27 bits per heavy atom. The van der Waals surface area contributed by atoms with Crippen LogP contribution in [0.3, 0.4) is 0 Å². The smallest absolute Gasteiger partial charge is 0.188 e. The summed E-state index contributed by atoms with van der Waals surface area (Å²) >= 11 is 0. The third-order valence-electron chi connectivity index (χ3n) is 4.08. The average Bonchev–Trinajstić information content (AvgIpc) is 2.52. The maximum atomic E-state index is 5.95. The van der Waals surface area contributed by atoms with Crippen molar-refractivity contribution in [3.05, 3.63) is 29.3 Å². The molecule has 0 aromatic heterocycles. The van der Waals surface area contributed by atoms with Crippen molar-refractivity contribution in [1.82, 2.24) is 5.32 Å². The lowest BCUT2D eigenvalue weighted by molar-refractivity contribution is 0.179. The predicted molar refractivity (Wildman–Crippen MR) is 89.6 cm³/mol. The fourth-order valence-corrected chi connectivity index (χ4v) is 3.01. The van der Waals surface area contributed by atoms with Crippen LogP contribution in [0.4, 0.5) is 0 Å². The van der Waals surface area contributed by atoms with Crippen molar-refractivity contribution < 1.29 is 9.47 Å². The summed E-state index contributed by atoms with van der Waals surface area (Å²) in [4.78, 5) is 4.51. The molecule has 0 bridgehead atoms. The summed E-state index contributed by atoms with van der Waals surface area (Å²) in [5.74, 6) is 1.86. The first-order valence-electron chi connectivity index (χ1n) is 7.86. The van der Waals surface area contributed by atoms with Gasteiger partial charge in [-0.05, 0) is 49.4 Å². The van der Waals surface area contributed by atoms with Gasteiger partial charge in [0.1, 0.15) is 5.75 Å². The summed E-state index contributed by atoms with van der Waals surface area (Å²) < 4.78 is 10.4.